The minimum atomic E-state index is -2.34. The summed E-state index contributed by atoms with van der Waals surface area (Å²) in [7, 11) is 0. The van der Waals surface area contributed by atoms with Gasteiger partial charge in [-0.15, -0.1) is 0 Å². The maximum Gasteiger partial charge on any atom is 0.342 e. The van der Waals surface area contributed by atoms with Crippen molar-refractivity contribution in [2.45, 2.75) is 6.61 Å². The number of fused-ring (bicyclic) bond motifs is 1. The molecule has 0 amide bonds. The highest BCUT2D eigenvalue weighted by Gasteiger charge is 2.33. The minimum Gasteiger partial charge on any atom is -0.507 e. The fraction of sp³-hybridized carbons (Fsp3) is 0.0526. The van der Waals surface area contributed by atoms with E-state index in [1.54, 1.807) is 18.2 Å². The normalized spacial score (nSPS) is 10.9. The maximum atomic E-state index is 14.0. The molecule has 0 bridgehead atoms. The van der Waals surface area contributed by atoms with Gasteiger partial charge in [-0.3, -0.25) is 0 Å². The van der Waals surface area contributed by atoms with Crippen molar-refractivity contribution in [2.75, 3.05) is 0 Å². The molecular weight excluding hydrogens is 511 g/mol. The second kappa shape index (κ2) is 7.85. The van der Waals surface area contributed by atoms with Crippen LogP contribution in [0.25, 0.3) is 10.8 Å². The van der Waals surface area contributed by atoms with Gasteiger partial charge in [0.15, 0.2) is 23.3 Å². The van der Waals surface area contributed by atoms with Crippen molar-refractivity contribution in [3.8, 4) is 5.75 Å². The third-order valence-corrected chi connectivity index (χ3v) is 5.19. The molecule has 10 heteroatoms. The summed E-state index contributed by atoms with van der Waals surface area (Å²) in [5.41, 5.74) is -2.81. The Bertz CT molecular complexity index is 1180. The molecule has 0 aromatic heterocycles. The highest BCUT2D eigenvalue weighted by molar-refractivity contribution is 14.1. The van der Waals surface area contributed by atoms with Crippen molar-refractivity contribution in [3.63, 3.8) is 0 Å². The number of benzene rings is 3. The fourth-order valence-electron chi connectivity index (χ4n) is 2.66. The zero-order valence-corrected chi connectivity index (χ0v) is 16.3. The van der Waals surface area contributed by atoms with Crippen molar-refractivity contribution in [3.05, 3.63) is 73.9 Å². The predicted octanol–water partition coefficient (Wildman–Crippen LogP) is 4.76. The molecule has 0 spiro atoms. The topological polar surface area (TPSA) is 83.8 Å². The number of phenolic OH excluding ortho intramolecular Hbond substituents is 1. The number of carbonyl (C=O) groups excluding carboxylic acids is 1. The molecule has 2 N–H and O–H groups in total. The number of phenols is 1. The molecule has 0 aliphatic carbocycles. The molecule has 29 heavy (non-hydrogen) atoms. The number of aromatic hydroxyl groups is 1. The van der Waals surface area contributed by atoms with E-state index in [0.717, 1.165) is 0 Å². The summed E-state index contributed by atoms with van der Waals surface area (Å²) in [6.45, 7) is -0.481. The molecule has 0 saturated heterocycles. The molecule has 0 unspecified atom stereocenters. The Kier molecular flexibility index (Phi) is 5.64. The van der Waals surface area contributed by atoms with Crippen LogP contribution in [0.2, 0.25) is 0 Å². The van der Waals surface area contributed by atoms with Gasteiger partial charge < -0.3 is 14.9 Å². The van der Waals surface area contributed by atoms with E-state index in [9.17, 15) is 32.3 Å². The van der Waals surface area contributed by atoms with E-state index < -0.39 is 52.9 Å². The van der Waals surface area contributed by atoms with Crippen LogP contribution in [0.4, 0.5) is 17.6 Å². The molecule has 0 atom stereocenters. The first-order valence-corrected chi connectivity index (χ1v) is 8.87. The van der Waals surface area contributed by atoms with Crippen molar-refractivity contribution < 1.29 is 42.1 Å². The van der Waals surface area contributed by atoms with E-state index in [4.69, 9.17) is 9.84 Å². The van der Waals surface area contributed by atoms with Gasteiger partial charge in [0.2, 0.25) is 0 Å². The van der Waals surface area contributed by atoms with Crippen molar-refractivity contribution in [1.29, 1.82) is 0 Å². The van der Waals surface area contributed by atoms with Gasteiger partial charge in [0.1, 0.15) is 23.5 Å². The summed E-state index contributed by atoms with van der Waals surface area (Å²) in [4.78, 5) is 23.2. The molecular formula is C19H9F4IO5. The first-order valence-electron chi connectivity index (χ1n) is 7.80. The van der Waals surface area contributed by atoms with E-state index in [1.807, 2.05) is 22.6 Å². The fourth-order valence-corrected chi connectivity index (χ4v) is 3.34. The summed E-state index contributed by atoms with van der Waals surface area (Å²) in [5, 5.41) is 20.1. The summed E-state index contributed by atoms with van der Waals surface area (Å²) in [6.07, 6.45) is 0. The third-order valence-electron chi connectivity index (χ3n) is 4.05. The highest BCUT2D eigenvalue weighted by Crippen LogP contribution is 2.30. The lowest BCUT2D eigenvalue weighted by Gasteiger charge is -2.11. The number of aromatic carboxylic acids is 1. The van der Waals surface area contributed by atoms with Crippen molar-refractivity contribution in [1.82, 2.24) is 0 Å². The monoisotopic (exact) mass is 520 g/mol. The number of carbonyl (C=O) groups is 2. The van der Waals surface area contributed by atoms with Crippen molar-refractivity contribution in [2.24, 2.45) is 0 Å². The predicted molar refractivity (Wildman–Crippen MR) is 101 cm³/mol. The van der Waals surface area contributed by atoms with Gasteiger partial charge in [-0.2, -0.15) is 0 Å². The van der Waals surface area contributed by atoms with Crippen LogP contribution in [0.15, 0.2) is 30.3 Å². The van der Waals surface area contributed by atoms with E-state index in [-0.39, 0.29) is 5.75 Å². The van der Waals surface area contributed by atoms with E-state index in [1.165, 1.54) is 12.1 Å². The average Bonchev–Trinajstić information content (AvgIpc) is 2.69. The lowest BCUT2D eigenvalue weighted by atomic mass is 10.0. The second-order valence-electron chi connectivity index (χ2n) is 5.84. The van der Waals surface area contributed by atoms with Crippen LogP contribution in [0.3, 0.4) is 0 Å². The van der Waals surface area contributed by atoms with Crippen LogP contribution in [0.1, 0.15) is 26.3 Å². The molecule has 0 saturated carbocycles. The van der Waals surface area contributed by atoms with Gasteiger partial charge in [0.05, 0.1) is 3.57 Å². The Labute approximate surface area is 173 Å². The standard InChI is InChI=1S/C19H9F4IO5/c20-13-11(18(26)27)12(14(21)16(23)15(13)22)19(28)29-6-7-1-3-9-8(5-7)2-4-10(25)17(9)24/h1-5,25H,6H2,(H,26,27). The van der Waals surface area contributed by atoms with Crippen LogP contribution in [0.5, 0.6) is 5.75 Å². The SMILES string of the molecule is O=C(O)c1c(F)c(F)c(F)c(F)c1C(=O)OCc1ccc2c(I)c(O)ccc2c1. The Morgan fingerprint density at radius 2 is 1.55 bits per heavy atom. The molecule has 3 aromatic carbocycles. The lowest BCUT2D eigenvalue weighted by Crippen LogP contribution is -2.19. The second-order valence-corrected chi connectivity index (χ2v) is 6.92. The molecule has 5 nitrogen and oxygen atoms in total. The zero-order valence-electron chi connectivity index (χ0n) is 14.1. The molecule has 0 aliphatic rings. The first-order chi connectivity index (χ1) is 13.6. The molecule has 0 radical (unpaired) electrons. The number of hydrogen-bond donors (Lipinski definition) is 2. The van der Waals surface area contributed by atoms with Crippen LogP contribution in [0, 0.1) is 26.8 Å². The van der Waals surface area contributed by atoms with Gasteiger partial charge in [-0.05, 0) is 51.1 Å². The third kappa shape index (κ3) is 3.71. The average molecular weight is 520 g/mol. The smallest absolute Gasteiger partial charge is 0.342 e. The molecule has 0 fully saturated rings. The van der Waals surface area contributed by atoms with Gasteiger partial charge >= 0.3 is 11.9 Å². The summed E-state index contributed by atoms with van der Waals surface area (Å²) >= 11 is 1.94. The lowest BCUT2D eigenvalue weighted by molar-refractivity contribution is 0.0454. The Hall–Kier alpha value is -2.89. The summed E-state index contributed by atoms with van der Waals surface area (Å²) in [5.74, 6) is -12.8. The van der Waals surface area contributed by atoms with Crippen LogP contribution >= 0.6 is 22.6 Å². The summed E-state index contributed by atoms with van der Waals surface area (Å²) in [6, 6.07) is 7.80. The van der Waals surface area contributed by atoms with Gasteiger partial charge in [-0.25, -0.2) is 27.2 Å². The molecule has 0 aliphatic heterocycles. The van der Waals surface area contributed by atoms with Crippen LogP contribution < -0.4 is 0 Å². The highest BCUT2D eigenvalue weighted by atomic mass is 127. The van der Waals surface area contributed by atoms with E-state index >= 15 is 0 Å². The first kappa shape index (κ1) is 20.8. The van der Waals surface area contributed by atoms with Gasteiger partial charge in [0, 0.05) is 0 Å². The number of esters is 1. The number of ether oxygens (including phenoxy) is 1. The number of carboxylic acids is 1. The zero-order chi connectivity index (χ0) is 21.5. The maximum absolute atomic E-state index is 14.0. The van der Waals surface area contributed by atoms with Crippen LogP contribution in [-0.2, 0) is 11.3 Å². The molecule has 150 valence electrons. The minimum absolute atomic E-state index is 0.0781. The number of rotatable bonds is 4. The Balaban J connectivity index is 1.93. The Morgan fingerprint density at radius 1 is 0.931 bits per heavy atom. The van der Waals surface area contributed by atoms with E-state index in [2.05, 4.69) is 0 Å². The summed E-state index contributed by atoms with van der Waals surface area (Å²) < 4.78 is 59.8. The number of halogens is 5. The molecule has 0 heterocycles. The van der Waals surface area contributed by atoms with Crippen LogP contribution in [-0.4, -0.2) is 22.2 Å². The Morgan fingerprint density at radius 3 is 2.17 bits per heavy atom. The number of hydrogen-bond acceptors (Lipinski definition) is 4. The molecule has 3 aromatic rings. The van der Waals surface area contributed by atoms with Crippen molar-refractivity contribution >= 4 is 45.3 Å². The number of carboxylic acid groups (broad SMARTS) is 1. The quantitative estimate of drug-likeness (QED) is 0.171. The molecule has 3 rings (SSSR count). The van der Waals surface area contributed by atoms with Gasteiger partial charge in [0.25, 0.3) is 0 Å². The largest absolute Gasteiger partial charge is 0.507 e. The van der Waals surface area contributed by atoms with E-state index in [0.29, 0.717) is 19.9 Å². The van der Waals surface area contributed by atoms with Gasteiger partial charge in [-0.1, -0.05) is 18.2 Å².